The molecule has 0 saturated carbocycles. The van der Waals surface area contributed by atoms with E-state index in [4.69, 9.17) is 20.8 Å². The first-order valence-corrected chi connectivity index (χ1v) is 8.08. The van der Waals surface area contributed by atoms with Gasteiger partial charge in [-0.3, -0.25) is 4.79 Å². The van der Waals surface area contributed by atoms with Gasteiger partial charge in [0, 0.05) is 12.1 Å². The molecule has 25 heavy (non-hydrogen) atoms. The molecule has 0 aliphatic carbocycles. The van der Waals surface area contributed by atoms with Crippen LogP contribution in [0.15, 0.2) is 34.7 Å². The lowest BCUT2D eigenvalue weighted by Crippen LogP contribution is -2.27. The number of esters is 1. The second kappa shape index (κ2) is 8.58. The third-order valence-electron chi connectivity index (χ3n) is 3.59. The summed E-state index contributed by atoms with van der Waals surface area (Å²) >= 11 is 5.80. The summed E-state index contributed by atoms with van der Waals surface area (Å²) in [5.41, 5.74) is 0.365. The van der Waals surface area contributed by atoms with Gasteiger partial charge in [-0.2, -0.15) is 0 Å². The molecule has 6 nitrogen and oxygen atoms in total. The number of ether oxygens (including phenoxy) is 2. The number of aryl methyl sites for hydroxylation is 1. The molecule has 2 rings (SSSR count). The molecule has 0 saturated heterocycles. The first-order chi connectivity index (χ1) is 11.9. The Morgan fingerprint density at radius 3 is 2.56 bits per heavy atom. The molecular formula is C18H20ClNO5. The van der Waals surface area contributed by atoms with E-state index in [2.05, 4.69) is 4.74 Å². The highest BCUT2D eigenvalue weighted by Crippen LogP contribution is 2.18. The number of halogens is 1. The Morgan fingerprint density at radius 1 is 1.24 bits per heavy atom. The van der Waals surface area contributed by atoms with Crippen LogP contribution in [0.3, 0.4) is 0 Å². The molecule has 7 heteroatoms. The van der Waals surface area contributed by atoms with Crippen LogP contribution in [-0.4, -0.2) is 37.5 Å². The second-order valence-corrected chi connectivity index (χ2v) is 5.91. The van der Waals surface area contributed by atoms with E-state index in [-0.39, 0.29) is 25.5 Å². The number of hydrogen-bond donors (Lipinski definition) is 0. The van der Waals surface area contributed by atoms with Crippen LogP contribution in [0, 0.1) is 6.92 Å². The fourth-order valence-corrected chi connectivity index (χ4v) is 2.36. The van der Waals surface area contributed by atoms with Crippen molar-refractivity contribution in [1.82, 2.24) is 4.90 Å². The zero-order chi connectivity index (χ0) is 18.4. The standard InChI is InChI=1S/C18H20ClNO5/c1-12-16(18(22)23-3)10-15(25-12)11-20(2)17(21)8-9-24-14-6-4-13(19)5-7-14/h4-7,10H,8-9,11H2,1-3H3. The van der Waals surface area contributed by atoms with Crippen molar-refractivity contribution >= 4 is 23.5 Å². The molecule has 0 N–H and O–H groups in total. The molecule has 0 spiro atoms. The van der Waals surface area contributed by atoms with Crippen molar-refractivity contribution < 1.29 is 23.5 Å². The second-order valence-electron chi connectivity index (χ2n) is 5.48. The summed E-state index contributed by atoms with van der Waals surface area (Å²) in [7, 11) is 2.98. The molecule has 1 aromatic heterocycles. The third kappa shape index (κ3) is 5.26. The van der Waals surface area contributed by atoms with Gasteiger partial charge in [-0.1, -0.05) is 11.6 Å². The van der Waals surface area contributed by atoms with Crippen molar-refractivity contribution in [2.45, 2.75) is 19.9 Å². The predicted molar refractivity (Wildman–Crippen MR) is 92.8 cm³/mol. The molecule has 0 fully saturated rings. The number of rotatable bonds is 7. The molecule has 134 valence electrons. The zero-order valence-corrected chi connectivity index (χ0v) is 15.1. The fourth-order valence-electron chi connectivity index (χ4n) is 2.23. The Morgan fingerprint density at radius 2 is 1.92 bits per heavy atom. The Balaban J connectivity index is 1.83. The van der Waals surface area contributed by atoms with Crippen LogP contribution in [-0.2, 0) is 16.1 Å². The van der Waals surface area contributed by atoms with Gasteiger partial charge in [0.1, 0.15) is 22.8 Å². The minimum Gasteiger partial charge on any atom is -0.493 e. The van der Waals surface area contributed by atoms with Gasteiger partial charge >= 0.3 is 5.97 Å². The molecule has 0 atom stereocenters. The van der Waals surface area contributed by atoms with Gasteiger partial charge in [-0.15, -0.1) is 0 Å². The van der Waals surface area contributed by atoms with Crippen LogP contribution in [0.25, 0.3) is 0 Å². The summed E-state index contributed by atoms with van der Waals surface area (Å²) in [6.45, 7) is 2.20. The third-order valence-corrected chi connectivity index (χ3v) is 3.84. The topological polar surface area (TPSA) is 69.0 Å². The molecule has 0 aliphatic rings. The zero-order valence-electron chi connectivity index (χ0n) is 14.4. The largest absolute Gasteiger partial charge is 0.493 e. The maximum absolute atomic E-state index is 12.2. The van der Waals surface area contributed by atoms with E-state index in [0.717, 1.165) is 0 Å². The number of hydrogen-bond acceptors (Lipinski definition) is 5. The normalized spacial score (nSPS) is 10.4. The Kier molecular flexibility index (Phi) is 6.47. The van der Waals surface area contributed by atoms with Crippen molar-refractivity contribution in [2.75, 3.05) is 20.8 Å². The van der Waals surface area contributed by atoms with Crippen LogP contribution >= 0.6 is 11.6 Å². The molecule has 0 aliphatic heterocycles. The van der Waals surface area contributed by atoms with Gasteiger partial charge in [-0.05, 0) is 37.3 Å². The highest BCUT2D eigenvalue weighted by molar-refractivity contribution is 6.30. The summed E-state index contributed by atoms with van der Waals surface area (Å²) in [5.74, 6) is 1.09. The van der Waals surface area contributed by atoms with Gasteiger partial charge in [-0.25, -0.2) is 4.79 Å². The minimum absolute atomic E-state index is 0.0948. The van der Waals surface area contributed by atoms with E-state index in [9.17, 15) is 9.59 Å². The minimum atomic E-state index is -0.460. The van der Waals surface area contributed by atoms with Crippen LogP contribution in [0.2, 0.25) is 5.02 Å². The summed E-state index contributed by atoms with van der Waals surface area (Å²) in [6, 6.07) is 8.54. The van der Waals surface area contributed by atoms with Crippen molar-refractivity contribution in [3.63, 3.8) is 0 Å². The van der Waals surface area contributed by atoms with Gasteiger partial charge in [0.2, 0.25) is 5.91 Å². The lowest BCUT2D eigenvalue weighted by Gasteiger charge is -2.16. The maximum Gasteiger partial charge on any atom is 0.341 e. The van der Waals surface area contributed by atoms with E-state index in [1.165, 1.54) is 12.0 Å². The molecule has 0 bridgehead atoms. The molecule has 0 unspecified atom stereocenters. The van der Waals surface area contributed by atoms with Gasteiger partial charge in [0.05, 0.1) is 26.7 Å². The summed E-state index contributed by atoms with van der Waals surface area (Å²) in [4.78, 5) is 25.3. The molecule has 1 amide bonds. The van der Waals surface area contributed by atoms with E-state index in [1.807, 2.05) is 0 Å². The SMILES string of the molecule is COC(=O)c1cc(CN(C)C(=O)CCOc2ccc(Cl)cc2)oc1C. The van der Waals surface area contributed by atoms with Crippen molar-refractivity contribution in [2.24, 2.45) is 0 Å². The number of carbonyl (C=O) groups excluding carboxylic acids is 2. The first-order valence-electron chi connectivity index (χ1n) is 7.70. The Bertz CT molecular complexity index is 738. The summed E-state index contributed by atoms with van der Waals surface area (Å²) in [6.07, 6.45) is 0.225. The highest BCUT2D eigenvalue weighted by atomic mass is 35.5. The van der Waals surface area contributed by atoms with Crippen LogP contribution in [0.5, 0.6) is 5.75 Å². The summed E-state index contributed by atoms with van der Waals surface area (Å²) in [5, 5.41) is 0.628. The van der Waals surface area contributed by atoms with Crippen molar-refractivity contribution in [3.8, 4) is 5.75 Å². The average Bonchev–Trinajstić information content (AvgIpc) is 2.96. The average molecular weight is 366 g/mol. The molecule has 0 radical (unpaired) electrons. The molecular weight excluding hydrogens is 346 g/mol. The van der Waals surface area contributed by atoms with Gasteiger partial charge in [0.15, 0.2) is 0 Å². The highest BCUT2D eigenvalue weighted by Gasteiger charge is 2.18. The predicted octanol–water partition coefficient (Wildman–Crippen LogP) is 3.46. The number of methoxy groups -OCH3 is 1. The molecule has 1 heterocycles. The van der Waals surface area contributed by atoms with Crippen LogP contribution in [0.1, 0.15) is 28.3 Å². The van der Waals surface area contributed by atoms with Crippen LogP contribution in [0.4, 0.5) is 0 Å². The number of furan rings is 1. The molecule has 1 aromatic carbocycles. The van der Waals surface area contributed by atoms with Gasteiger partial charge in [0.25, 0.3) is 0 Å². The van der Waals surface area contributed by atoms with Crippen LogP contribution < -0.4 is 4.74 Å². The number of carbonyl (C=O) groups is 2. The first kappa shape index (κ1) is 18.9. The lowest BCUT2D eigenvalue weighted by molar-refractivity contribution is -0.131. The maximum atomic E-state index is 12.2. The molecule has 2 aromatic rings. The summed E-state index contributed by atoms with van der Waals surface area (Å²) < 4.78 is 15.7. The Labute approximate surface area is 151 Å². The van der Waals surface area contributed by atoms with E-state index >= 15 is 0 Å². The number of benzene rings is 1. The van der Waals surface area contributed by atoms with Gasteiger partial charge < -0.3 is 18.8 Å². The van der Waals surface area contributed by atoms with E-state index in [1.54, 1.807) is 44.3 Å². The number of amides is 1. The monoisotopic (exact) mass is 365 g/mol. The van der Waals surface area contributed by atoms with E-state index in [0.29, 0.717) is 27.9 Å². The van der Waals surface area contributed by atoms with Crippen molar-refractivity contribution in [1.29, 1.82) is 0 Å². The number of nitrogens with zero attached hydrogens (tertiary/aromatic N) is 1. The lowest BCUT2D eigenvalue weighted by atomic mass is 10.2. The smallest absolute Gasteiger partial charge is 0.341 e. The fraction of sp³-hybridized carbons (Fsp3) is 0.333. The Hall–Kier alpha value is -2.47. The van der Waals surface area contributed by atoms with Crippen molar-refractivity contribution in [3.05, 3.63) is 52.4 Å². The van der Waals surface area contributed by atoms with E-state index < -0.39 is 5.97 Å². The quantitative estimate of drug-likeness (QED) is 0.703.